The molecule has 0 aliphatic carbocycles. The van der Waals surface area contributed by atoms with Gasteiger partial charge in [-0.3, -0.25) is 4.79 Å². The summed E-state index contributed by atoms with van der Waals surface area (Å²) in [5.41, 5.74) is 0.923. The highest BCUT2D eigenvalue weighted by Crippen LogP contribution is 2.32. The molecule has 1 amide bonds. The van der Waals surface area contributed by atoms with E-state index in [0.29, 0.717) is 42.4 Å². The molecule has 0 spiro atoms. The summed E-state index contributed by atoms with van der Waals surface area (Å²) in [7, 11) is -3.60. The average Bonchev–Trinajstić information content (AvgIpc) is 2.67. The fourth-order valence-electron chi connectivity index (χ4n) is 2.53. The van der Waals surface area contributed by atoms with Gasteiger partial charge in [-0.15, -0.1) is 0 Å². The van der Waals surface area contributed by atoms with Crippen molar-refractivity contribution < 1.29 is 22.7 Å². The van der Waals surface area contributed by atoms with Crippen LogP contribution in [-0.2, 0) is 10.0 Å². The first-order valence-corrected chi connectivity index (χ1v) is 10.2. The van der Waals surface area contributed by atoms with Crippen LogP contribution in [-0.4, -0.2) is 33.6 Å². The molecule has 0 bridgehead atoms. The Kier molecular flexibility index (Phi) is 5.67. The molecule has 27 heavy (non-hydrogen) atoms. The van der Waals surface area contributed by atoms with Gasteiger partial charge >= 0.3 is 0 Å². The molecule has 1 heterocycles. The fraction of sp³-hybridized carbons (Fsp3) is 0.316. The molecule has 8 heteroatoms. The molecule has 0 radical (unpaired) electrons. The highest BCUT2D eigenvalue weighted by molar-refractivity contribution is 7.89. The summed E-state index contributed by atoms with van der Waals surface area (Å²) < 4.78 is 38.1. The fourth-order valence-corrected chi connectivity index (χ4v) is 3.85. The van der Waals surface area contributed by atoms with E-state index in [9.17, 15) is 13.2 Å². The molecule has 144 valence electrons. The lowest BCUT2D eigenvalue weighted by Gasteiger charge is -2.19. The lowest BCUT2D eigenvalue weighted by molar-refractivity contribution is 0.102. The zero-order valence-electron chi connectivity index (χ0n) is 15.2. The normalized spacial score (nSPS) is 14.4. The highest BCUT2D eigenvalue weighted by Gasteiger charge is 2.18. The van der Waals surface area contributed by atoms with Crippen LogP contribution in [0.2, 0.25) is 0 Å². The second-order valence-electron chi connectivity index (χ2n) is 6.27. The summed E-state index contributed by atoms with van der Waals surface area (Å²) in [6.07, 6.45) is 0.690. The van der Waals surface area contributed by atoms with Crippen molar-refractivity contribution in [2.24, 2.45) is 0 Å². The van der Waals surface area contributed by atoms with Gasteiger partial charge in [-0.05, 0) is 49.7 Å². The van der Waals surface area contributed by atoms with Crippen molar-refractivity contribution in [3.8, 4) is 11.5 Å². The molecule has 3 rings (SSSR count). The first-order chi connectivity index (χ1) is 12.9. The summed E-state index contributed by atoms with van der Waals surface area (Å²) in [5.74, 6) is 0.879. The number of hydrogen-bond donors (Lipinski definition) is 2. The molecule has 2 aromatic carbocycles. The zero-order chi connectivity index (χ0) is 19.4. The van der Waals surface area contributed by atoms with Crippen molar-refractivity contribution in [3.63, 3.8) is 0 Å². The van der Waals surface area contributed by atoms with Crippen molar-refractivity contribution in [1.29, 1.82) is 0 Å². The van der Waals surface area contributed by atoms with E-state index in [1.165, 1.54) is 24.3 Å². The van der Waals surface area contributed by atoms with E-state index >= 15 is 0 Å². The van der Waals surface area contributed by atoms with E-state index in [2.05, 4.69) is 10.0 Å². The van der Waals surface area contributed by atoms with Crippen LogP contribution in [0, 0.1) is 0 Å². The molecule has 0 fully saturated rings. The van der Waals surface area contributed by atoms with E-state index in [-0.39, 0.29) is 16.8 Å². The smallest absolute Gasteiger partial charge is 0.255 e. The lowest BCUT2D eigenvalue weighted by atomic mass is 10.2. The number of sulfonamides is 1. The number of fused-ring (bicyclic) bond motifs is 1. The minimum Gasteiger partial charge on any atom is -0.486 e. The maximum absolute atomic E-state index is 12.4. The molecule has 1 unspecified atom stereocenters. The molecule has 1 atom stereocenters. The number of nitrogens with one attached hydrogen (secondary N) is 2. The summed E-state index contributed by atoms with van der Waals surface area (Å²) in [6, 6.07) is 10.8. The maximum Gasteiger partial charge on any atom is 0.255 e. The number of carbonyl (C=O) groups excluding carboxylic acids is 1. The van der Waals surface area contributed by atoms with Crippen LogP contribution in [0.3, 0.4) is 0 Å². The van der Waals surface area contributed by atoms with Gasteiger partial charge in [0.2, 0.25) is 10.0 Å². The van der Waals surface area contributed by atoms with Crippen molar-refractivity contribution in [3.05, 3.63) is 48.0 Å². The highest BCUT2D eigenvalue weighted by atomic mass is 32.2. The first kappa shape index (κ1) is 19.2. The van der Waals surface area contributed by atoms with Crippen LogP contribution in [0.25, 0.3) is 0 Å². The molecule has 0 aromatic heterocycles. The molecule has 1 aliphatic rings. The van der Waals surface area contributed by atoms with Crippen LogP contribution in [0.5, 0.6) is 11.5 Å². The Balaban J connectivity index is 1.71. The first-order valence-electron chi connectivity index (χ1n) is 8.72. The summed E-state index contributed by atoms with van der Waals surface area (Å²) in [6.45, 7) is 4.66. The maximum atomic E-state index is 12.4. The number of anilines is 1. The third kappa shape index (κ3) is 4.58. The molecular weight excluding hydrogens is 368 g/mol. The Bertz CT molecular complexity index is 926. The van der Waals surface area contributed by atoms with Crippen LogP contribution >= 0.6 is 0 Å². The number of ether oxygens (including phenoxy) is 2. The lowest BCUT2D eigenvalue weighted by Crippen LogP contribution is -2.32. The monoisotopic (exact) mass is 390 g/mol. The van der Waals surface area contributed by atoms with Gasteiger partial charge in [-0.2, -0.15) is 0 Å². The van der Waals surface area contributed by atoms with Crippen molar-refractivity contribution in [2.45, 2.75) is 31.2 Å². The Hall–Kier alpha value is -2.58. The predicted octanol–water partition coefficient (Wildman–Crippen LogP) is 2.79. The van der Waals surface area contributed by atoms with Gasteiger partial charge in [0.1, 0.15) is 13.2 Å². The van der Waals surface area contributed by atoms with Gasteiger partial charge in [0.15, 0.2) is 11.5 Å². The second kappa shape index (κ2) is 7.98. The topological polar surface area (TPSA) is 93.7 Å². The number of carbonyl (C=O) groups is 1. The quantitative estimate of drug-likeness (QED) is 0.791. The third-order valence-electron chi connectivity index (χ3n) is 4.20. The Morgan fingerprint density at radius 1 is 1.07 bits per heavy atom. The Morgan fingerprint density at radius 3 is 2.41 bits per heavy atom. The van der Waals surface area contributed by atoms with Gasteiger partial charge in [-0.1, -0.05) is 6.92 Å². The van der Waals surface area contributed by atoms with Crippen LogP contribution in [0.4, 0.5) is 5.69 Å². The molecule has 0 saturated heterocycles. The average molecular weight is 390 g/mol. The molecule has 7 nitrogen and oxygen atoms in total. The molecule has 1 aliphatic heterocycles. The van der Waals surface area contributed by atoms with E-state index < -0.39 is 10.0 Å². The SMILES string of the molecule is CCC(C)NS(=O)(=O)c1ccc(C(=O)Nc2ccc3c(c2)OCCO3)cc1. The van der Waals surface area contributed by atoms with Gasteiger partial charge in [0.05, 0.1) is 4.90 Å². The summed E-state index contributed by atoms with van der Waals surface area (Å²) in [4.78, 5) is 12.5. The minimum atomic E-state index is -3.60. The third-order valence-corrected chi connectivity index (χ3v) is 5.80. The zero-order valence-corrected chi connectivity index (χ0v) is 16.0. The molecule has 0 saturated carbocycles. The van der Waals surface area contributed by atoms with Crippen LogP contribution < -0.4 is 19.5 Å². The van der Waals surface area contributed by atoms with Gasteiger partial charge in [-0.25, -0.2) is 13.1 Å². The number of amides is 1. The summed E-state index contributed by atoms with van der Waals surface area (Å²) >= 11 is 0. The van der Waals surface area contributed by atoms with Crippen molar-refractivity contribution in [1.82, 2.24) is 4.72 Å². The van der Waals surface area contributed by atoms with E-state index in [0.717, 1.165) is 0 Å². The van der Waals surface area contributed by atoms with Crippen LogP contribution in [0.1, 0.15) is 30.6 Å². The van der Waals surface area contributed by atoms with Gasteiger partial charge in [0.25, 0.3) is 5.91 Å². The largest absolute Gasteiger partial charge is 0.486 e. The van der Waals surface area contributed by atoms with Gasteiger partial charge < -0.3 is 14.8 Å². The standard InChI is InChI=1S/C19H22N2O5S/c1-3-13(2)21-27(23,24)16-7-4-14(5-8-16)19(22)20-15-6-9-17-18(12-15)26-11-10-25-17/h4-9,12-13,21H,3,10-11H2,1-2H3,(H,20,22). The predicted molar refractivity (Wildman–Crippen MR) is 102 cm³/mol. The Morgan fingerprint density at radius 2 is 1.74 bits per heavy atom. The minimum absolute atomic E-state index is 0.124. The molecule has 2 aromatic rings. The van der Waals surface area contributed by atoms with E-state index in [4.69, 9.17) is 9.47 Å². The molecular formula is C19H22N2O5S. The second-order valence-corrected chi connectivity index (χ2v) is 7.98. The van der Waals surface area contributed by atoms with Crippen molar-refractivity contribution in [2.75, 3.05) is 18.5 Å². The van der Waals surface area contributed by atoms with E-state index in [1.807, 2.05) is 6.92 Å². The van der Waals surface area contributed by atoms with Crippen molar-refractivity contribution >= 4 is 21.6 Å². The molecule has 2 N–H and O–H groups in total. The number of hydrogen-bond acceptors (Lipinski definition) is 5. The summed E-state index contributed by atoms with van der Waals surface area (Å²) in [5, 5.41) is 2.77. The van der Waals surface area contributed by atoms with E-state index in [1.54, 1.807) is 25.1 Å². The number of benzene rings is 2. The number of rotatable bonds is 6. The van der Waals surface area contributed by atoms with Gasteiger partial charge in [0, 0.05) is 23.4 Å². The van der Waals surface area contributed by atoms with Crippen LogP contribution in [0.15, 0.2) is 47.4 Å². The Labute approximate surface area is 158 Å².